The van der Waals surface area contributed by atoms with E-state index in [9.17, 15) is 0 Å². The van der Waals surface area contributed by atoms with Crippen LogP contribution in [-0.2, 0) is 7.05 Å². The monoisotopic (exact) mass is 277 g/mol. The summed E-state index contributed by atoms with van der Waals surface area (Å²) in [5.74, 6) is 3.23. The number of nitrogens with two attached hydrogens (primary N) is 1. The van der Waals surface area contributed by atoms with Crippen molar-refractivity contribution in [3.63, 3.8) is 0 Å². The minimum absolute atomic E-state index is 0.560. The van der Waals surface area contributed by atoms with Crippen LogP contribution in [0.1, 0.15) is 5.82 Å². The molecule has 0 atom stereocenters. The van der Waals surface area contributed by atoms with Gasteiger partial charge in [-0.15, -0.1) is 0 Å². The molecule has 0 saturated heterocycles. The Morgan fingerprint density at radius 3 is 1.95 bits per heavy atom. The number of nitrogen functional groups attached to an aromatic ring is 1. The Bertz CT molecular complexity index is 610. The number of benzene rings is 1. The number of nitrogens with zero attached hydrogens (tertiary/aromatic N) is 2. The second-order valence-electron chi connectivity index (χ2n) is 4.36. The van der Waals surface area contributed by atoms with Crippen LogP contribution in [0.3, 0.4) is 0 Å². The van der Waals surface area contributed by atoms with Gasteiger partial charge >= 0.3 is 0 Å². The van der Waals surface area contributed by atoms with Crippen LogP contribution in [0.25, 0.3) is 11.3 Å². The van der Waals surface area contributed by atoms with Crippen molar-refractivity contribution in [3.8, 4) is 28.5 Å². The van der Waals surface area contributed by atoms with Crippen molar-refractivity contribution in [2.24, 2.45) is 7.05 Å². The Morgan fingerprint density at radius 1 is 1.05 bits per heavy atom. The topological polar surface area (TPSA) is 71.5 Å². The average Bonchev–Trinajstić information content (AvgIpc) is 2.73. The van der Waals surface area contributed by atoms with Crippen molar-refractivity contribution < 1.29 is 14.2 Å². The summed E-state index contributed by atoms with van der Waals surface area (Å²) in [7, 11) is 6.63. The molecule has 0 unspecified atom stereocenters. The molecule has 0 aliphatic heterocycles. The molecule has 0 spiro atoms. The van der Waals surface area contributed by atoms with E-state index in [1.54, 1.807) is 33.5 Å². The first-order valence-electron chi connectivity index (χ1n) is 6.12. The van der Waals surface area contributed by atoms with Crippen LogP contribution in [0.15, 0.2) is 12.1 Å². The van der Waals surface area contributed by atoms with E-state index in [0.717, 1.165) is 11.4 Å². The molecule has 0 saturated carbocycles. The number of rotatable bonds is 4. The van der Waals surface area contributed by atoms with Gasteiger partial charge in [0.2, 0.25) is 0 Å². The van der Waals surface area contributed by atoms with Crippen molar-refractivity contribution in [3.05, 3.63) is 18.0 Å². The third kappa shape index (κ3) is 2.13. The molecular weight excluding hydrogens is 258 g/mol. The molecule has 1 aromatic carbocycles. The summed E-state index contributed by atoms with van der Waals surface area (Å²) in [6, 6.07) is 3.56. The minimum Gasteiger partial charge on any atom is -0.496 e. The van der Waals surface area contributed by atoms with Crippen LogP contribution in [-0.4, -0.2) is 30.9 Å². The molecule has 2 N–H and O–H groups in total. The largest absolute Gasteiger partial charge is 0.496 e. The molecule has 6 heteroatoms. The highest BCUT2D eigenvalue weighted by Gasteiger charge is 2.21. The zero-order valence-electron chi connectivity index (χ0n) is 12.4. The Labute approximate surface area is 118 Å². The number of hydrogen-bond donors (Lipinski definition) is 1. The van der Waals surface area contributed by atoms with Crippen LogP contribution in [0, 0.1) is 6.92 Å². The molecular formula is C14H19N3O3. The van der Waals surface area contributed by atoms with E-state index in [1.807, 2.05) is 18.5 Å². The fourth-order valence-corrected chi connectivity index (χ4v) is 2.05. The second-order valence-corrected chi connectivity index (χ2v) is 4.36. The van der Waals surface area contributed by atoms with E-state index in [-0.39, 0.29) is 0 Å². The van der Waals surface area contributed by atoms with Gasteiger partial charge in [-0.25, -0.2) is 4.98 Å². The molecule has 0 aliphatic rings. The minimum atomic E-state index is 0.560. The number of aromatic nitrogens is 2. The molecule has 6 nitrogen and oxygen atoms in total. The third-order valence-electron chi connectivity index (χ3n) is 3.31. The first-order chi connectivity index (χ1) is 9.53. The smallest absolute Gasteiger partial charge is 0.135 e. The highest BCUT2D eigenvalue weighted by atomic mass is 16.5. The Morgan fingerprint density at radius 2 is 1.60 bits per heavy atom. The second kappa shape index (κ2) is 5.32. The first kappa shape index (κ1) is 14.0. The van der Waals surface area contributed by atoms with E-state index in [0.29, 0.717) is 28.8 Å². The molecule has 0 amide bonds. The fourth-order valence-electron chi connectivity index (χ4n) is 2.05. The summed E-state index contributed by atoms with van der Waals surface area (Å²) >= 11 is 0. The van der Waals surface area contributed by atoms with Gasteiger partial charge in [-0.05, 0) is 6.92 Å². The lowest BCUT2D eigenvalue weighted by molar-refractivity contribution is 0.377. The number of ether oxygens (including phenoxy) is 3. The van der Waals surface area contributed by atoms with Crippen molar-refractivity contribution in [2.45, 2.75) is 6.92 Å². The summed E-state index contributed by atoms with van der Waals surface area (Å²) in [5, 5.41) is 0. The lowest BCUT2D eigenvalue weighted by atomic mass is 10.1. The van der Waals surface area contributed by atoms with Crippen LogP contribution in [0.4, 0.5) is 5.82 Å². The predicted octanol–water partition coefficient (Wildman–Crippen LogP) is 2.00. The van der Waals surface area contributed by atoms with Crippen molar-refractivity contribution in [1.29, 1.82) is 0 Å². The Balaban J connectivity index is 2.74. The summed E-state index contributed by atoms with van der Waals surface area (Å²) in [5.41, 5.74) is 7.47. The fraction of sp³-hybridized carbons (Fsp3) is 0.357. The van der Waals surface area contributed by atoms with Crippen molar-refractivity contribution in [2.75, 3.05) is 27.1 Å². The zero-order valence-corrected chi connectivity index (χ0v) is 12.4. The summed E-state index contributed by atoms with van der Waals surface area (Å²) < 4.78 is 17.9. The molecule has 1 aromatic heterocycles. The summed E-state index contributed by atoms with van der Waals surface area (Å²) in [6.45, 7) is 1.89. The molecule has 0 bridgehead atoms. The molecule has 0 fully saturated rings. The highest BCUT2D eigenvalue weighted by molar-refractivity contribution is 5.82. The van der Waals surface area contributed by atoms with Crippen LogP contribution >= 0.6 is 0 Å². The third-order valence-corrected chi connectivity index (χ3v) is 3.31. The van der Waals surface area contributed by atoms with Gasteiger partial charge in [-0.2, -0.15) is 0 Å². The normalized spacial score (nSPS) is 10.4. The molecule has 1 heterocycles. The molecule has 2 aromatic rings. The maximum absolute atomic E-state index is 6.11. The van der Waals surface area contributed by atoms with E-state index in [4.69, 9.17) is 19.9 Å². The lowest BCUT2D eigenvalue weighted by Gasteiger charge is -2.14. The maximum atomic E-state index is 6.11. The summed E-state index contributed by atoms with van der Waals surface area (Å²) in [4.78, 5) is 4.49. The van der Waals surface area contributed by atoms with Crippen LogP contribution in [0.5, 0.6) is 17.2 Å². The van der Waals surface area contributed by atoms with Crippen LogP contribution in [0.2, 0.25) is 0 Å². The van der Waals surface area contributed by atoms with Gasteiger partial charge in [0, 0.05) is 19.2 Å². The van der Waals surface area contributed by atoms with Gasteiger partial charge in [-0.1, -0.05) is 0 Å². The first-order valence-corrected chi connectivity index (χ1v) is 6.12. The Hall–Kier alpha value is -2.37. The predicted molar refractivity (Wildman–Crippen MR) is 77.4 cm³/mol. The van der Waals surface area contributed by atoms with Gasteiger partial charge in [0.15, 0.2) is 0 Å². The quantitative estimate of drug-likeness (QED) is 0.925. The molecule has 0 radical (unpaired) electrons. The number of aryl methyl sites for hydroxylation is 1. The average molecular weight is 277 g/mol. The SMILES string of the molecule is COc1cc(OC)c(-c2nc(C)n(C)c2N)c(OC)c1. The van der Waals surface area contributed by atoms with E-state index in [1.165, 1.54) is 0 Å². The summed E-state index contributed by atoms with van der Waals surface area (Å²) in [6.07, 6.45) is 0. The van der Waals surface area contributed by atoms with Crippen molar-refractivity contribution in [1.82, 2.24) is 9.55 Å². The molecule has 2 rings (SSSR count). The highest BCUT2D eigenvalue weighted by Crippen LogP contribution is 2.43. The maximum Gasteiger partial charge on any atom is 0.135 e. The van der Waals surface area contributed by atoms with Gasteiger partial charge in [0.1, 0.15) is 34.6 Å². The molecule has 108 valence electrons. The number of methoxy groups -OCH3 is 3. The van der Waals surface area contributed by atoms with Crippen LogP contribution < -0.4 is 19.9 Å². The van der Waals surface area contributed by atoms with E-state index < -0.39 is 0 Å². The Kier molecular flexibility index (Phi) is 3.74. The van der Waals surface area contributed by atoms with Gasteiger partial charge < -0.3 is 24.5 Å². The number of imidazole rings is 1. The van der Waals surface area contributed by atoms with Gasteiger partial charge in [0.05, 0.1) is 26.9 Å². The number of anilines is 1. The van der Waals surface area contributed by atoms with E-state index >= 15 is 0 Å². The lowest BCUT2D eigenvalue weighted by Crippen LogP contribution is -2.00. The molecule has 0 aliphatic carbocycles. The van der Waals surface area contributed by atoms with Crippen molar-refractivity contribution >= 4 is 5.82 Å². The zero-order chi connectivity index (χ0) is 14.9. The van der Waals surface area contributed by atoms with Gasteiger partial charge in [-0.3, -0.25) is 0 Å². The van der Waals surface area contributed by atoms with Gasteiger partial charge in [0.25, 0.3) is 0 Å². The van der Waals surface area contributed by atoms with E-state index in [2.05, 4.69) is 4.98 Å². The number of hydrogen-bond acceptors (Lipinski definition) is 5. The molecule has 20 heavy (non-hydrogen) atoms. The standard InChI is InChI=1S/C14H19N3O3/c1-8-16-13(14(15)17(8)2)12-10(19-4)6-9(18-3)7-11(12)20-5/h6-7H,15H2,1-5H3.